The molecule has 0 atom stereocenters. The maximum absolute atomic E-state index is 6.01. The van der Waals surface area contributed by atoms with Crippen molar-refractivity contribution in [2.75, 3.05) is 5.88 Å². The molecule has 1 heteroatoms. The zero-order chi connectivity index (χ0) is 10.2. The van der Waals surface area contributed by atoms with Gasteiger partial charge in [-0.1, -0.05) is 36.6 Å². The smallest absolute Gasteiger partial charge is 0.0436 e. The third-order valence-corrected chi connectivity index (χ3v) is 3.16. The van der Waals surface area contributed by atoms with Crippen LogP contribution in [0.4, 0.5) is 0 Å². The molecular weight excluding hydrogens is 192 g/mol. The molecule has 1 aliphatic carbocycles. The summed E-state index contributed by atoms with van der Waals surface area (Å²) in [7, 11) is 0. The van der Waals surface area contributed by atoms with Gasteiger partial charge in [0, 0.05) is 5.88 Å². The fraction of sp³-hybridized carbons (Fsp3) is 0.692. The van der Waals surface area contributed by atoms with Gasteiger partial charge in [0.25, 0.3) is 0 Å². The molecule has 0 aliphatic heterocycles. The highest BCUT2D eigenvalue weighted by Crippen LogP contribution is 2.24. The topological polar surface area (TPSA) is 0 Å². The van der Waals surface area contributed by atoms with E-state index in [-0.39, 0.29) is 0 Å². The normalized spacial score (nSPS) is 26.4. The molecule has 1 rings (SSSR count). The first-order valence-corrected chi connectivity index (χ1v) is 6.32. The number of allylic oxidation sites excluding steroid dienone is 4. The van der Waals surface area contributed by atoms with Crippen LogP contribution in [0.15, 0.2) is 23.3 Å². The number of hydrogen-bond donors (Lipinski definition) is 0. The quantitative estimate of drug-likeness (QED) is 0.464. The fourth-order valence-electron chi connectivity index (χ4n) is 2.04. The average molecular weight is 213 g/mol. The van der Waals surface area contributed by atoms with E-state index in [2.05, 4.69) is 19.1 Å². The van der Waals surface area contributed by atoms with Crippen LogP contribution in [0.1, 0.15) is 51.9 Å². The molecular formula is C13H21Cl. The Kier molecular flexibility index (Phi) is 6.02. The van der Waals surface area contributed by atoms with Crippen molar-refractivity contribution in [1.29, 1.82) is 0 Å². The summed E-state index contributed by atoms with van der Waals surface area (Å²) in [5.41, 5.74) is 3.16. The lowest BCUT2D eigenvalue weighted by Crippen LogP contribution is -1.94. The molecule has 1 aliphatic rings. The third kappa shape index (κ3) is 3.88. The predicted molar refractivity (Wildman–Crippen MR) is 64.9 cm³/mol. The minimum absolute atomic E-state index is 0.739. The second-order valence-corrected chi connectivity index (χ2v) is 4.26. The van der Waals surface area contributed by atoms with E-state index in [1.165, 1.54) is 50.5 Å². The Morgan fingerprint density at radius 3 is 2.64 bits per heavy atom. The van der Waals surface area contributed by atoms with Crippen LogP contribution in [0, 0.1) is 0 Å². The number of rotatable bonds is 3. The molecule has 0 saturated heterocycles. The maximum Gasteiger partial charge on any atom is 0.0436 e. The Morgan fingerprint density at radius 2 is 1.93 bits per heavy atom. The van der Waals surface area contributed by atoms with Gasteiger partial charge >= 0.3 is 0 Å². The van der Waals surface area contributed by atoms with E-state index in [0.717, 1.165) is 5.88 Å². The minimum Gasteiger partial charge on any atom is -0.122 e. The van der Waals surface area contributed by atoms with Crippen LogP contribution in [-0.2, 0) is 0 Å². The fourth-order valence-corrected chi connectivity index (χ4v) is 2.37. The van der Waals surface area contributed by atoms with Gasteiger partial charge in [0.15, 0.2) is 0 Å². The van der Waals surface area contributed by atoms with Crippen molar-refractivity contribution in [3.63, 3.8) is 0 Å². The summed E-state index contributed by atoms with van der Waals surface area (Å²) < 4.78 is 0. The van der Waals surface area contributed by atoms with Gasteiger partial charge in [-0.15, -0.1) is 11.6 Å². The summed E-state index contributed by atoms with van der Waals surface area (Å²) >= 11 is 6.01. The molecule has 0 aromatic heterocycles. The lowest BCUT2D eigenvalue weighted by molar-refractivity contribution is 0.754. The lowest BCUT2D eigenvalue weighted by atomic mass is 9.97. The molecule has 0 fully saturated rings. The second-order valence-electron chi connectivity index (χ2n) is 3.99. The average Bonchev–Trinajstić information content (AvgIpc) is 2.30. The molecule has 0 heterocycles. The molecule has 80 valence electrons. The first kappa shape index (κ1) is 11.8. The number of halogens is 1. The van der Waals surface area contributed by atoms with Crippen molar-refractivity contribution >= 4 is 11.6 Å². The van der Waals surface area contributed by atoms with Gasteiger partial charge < -0.3 is 0 Å². The zero-order valence-corrected chi connectivity index (χ0v) is 9.95. The van der Waals surface area contributed by atoms with Crippen molar-refractivity contribution in [3.05, 3.63) is 23.3 Å². The first-order valence-electron chi connectivity index (χ1n) is 5.79. The Balaban J connectivity index is 2.67. The molecule has 14 heavy (non-hydrogen) atoms. The third-order valence-electron chi connectivity index (χ3n) is 2.84. The molecule has 0 unspecified atom stereocenters. The van der Waals surface area contributed by atoms with Gasteiger partial charge in [0.1, 0.15) is 0 Å². The van der Waals surface area contributed by atoms with E-state index in [4.69, 9.17) is 11.6 Å². The van der Waals surface area contributed by atoms with E-state index in [1.807, 2.05) is 0 Å². The van der Waals surface area contributed by atoms with E-state index < -0.39 is 0 Å². The van der Waals surface area contributed by atoms with Gasteiger partial charge in [0.05, 0.1) is 0 Å². The van der Waals surface area contributed by atoms with Crippen molar-refractivity contribution < 1.29 is 0 Å². The van der Waals surface area contributed by atoms with Crippen molar-refractivity contribution in [2.45, 2.75) is 51.9 Å². The molecule has 0 aromatic carbocycles. The zero-order valence-electron chi connectivity index (χ0n) is 9.19. The van der Waals surface area contributed by atoms with Crippen LogP contribution in [-0.4, -0.2) is 5.88 Å². The van der Waals surface area contributed by atoms with E-state index in [9.17, 15) is 0 Å². The molecule has 0 radical (unpaired) electrons. The van der Waals surface area contributed by atoms with E-state index >= 15 is 0 Å². The monoisotopic (exact) mass is 212 g/mol. The van der Waals surface area contributed by atoms with E-state index in [0.29, 0.717) is 0 Å². The summed E-state index contributed by atoms with van der Waals surface area (Å²) in [6, 6.07) is 0. The molecule has 0 aromatic rings. The minimum atomic E-state index is 0.739. The van der Waals surface area contributed by atoms with Crippen LogP contribution in [0.3, 0.4) is 0 Å². The highest BCUT2D eigenvalue weighted by atomic mass is 35.5. The van der Waals surface area contributed by atoms with Gasteiger partial charge in [-0.3, -0.25) is 0 Å². The van der Waals surface area contributed by atoms with Crippen molar-refractivity contribution in [1.82, 2.24) is 0 Å². The van der Waals surface area contributed by atoms with E-state index in [1.54, 1.807) is 5.57 Å². The van der Waals surface area contributed by atoms with Gasteiger partial charge in [0.2, 0.25) is 0 Å². The van der Waals surface area contributed by atoms with Gasteiger partial charge in [-0.2, -0.15) is 0 Å². The largest absolute Gasteiger partial charge is 0.122 e. The lowest BCUT2D eigenvalue weighted by Gasteiger charge is -2.11. The van der Waals surface area contributed by atoms with Gasteiger partial charge in [-0.25, -0.2) is 0 Å². The summed E-state index contributed by atoms with van der Waals surface area (Å²) in [4.78, 5) is 0. The Labute approximate surface area is 93.0 Å². The highest BCUT2D eigenvalue weighted by Gasteiger charge is 2.06. The Bertz CT molecular complexity index is 213. The van der Waals surface area contributed by atoms with Crippen LogP contribution in [0.5, 0.6) is 0 Å². The van der Waals surface area contributed by atoms with Crippen LogP contribution in [0.25, 0.3) is 0 Å². The SMILES string of the molecule is CCC/C1=C(\CCl)CC/C=C/CCC1. The summed E-state index contributed by atoms with van der Waals surface area (Å²) in [6.07, 6.45) is 13.3. The van der Waals surface area contributed by atoms with Crippen molar-refractivity contribution in [3.8, 4) is 0 Å². The molecule has 0 N–H and O–H groups in total. The molecule has 0 amide bonds. The summed E-state index contributed by atoms with van der Waals surface area (Å²) in [6.45, 7) is 2.25. The Morgan fingerprint density at radius 1 is 1.14 bits per heavy atom. The molecule has 0 spiro atoms. The standard InChI is InChI=1S/C13H21Cl/c1-2-8-12-9-6-4-3-5-7-10-13(12)11-14/h3,5H,2,4,6-11H2,1H3/b5-3+,13-12+. The highest BCUT2D eigenvalue weighted by molar-refractivity contribution is 6.19. The Hall–Kier alpha value is -0.230. The second kappa shape index (κ2) is 7.11. The van der Waals surface area contributed by atoms with Crippen LogP contribution in [0.2, 0.25) is 0 Å². The maximum atomic E-state index is 6.01. The molecule has 0 saturated carbocycles. The van der Waals surface area contributed by atoms with Crippen molar-refractivity contribution in [2.24, 2.45) is 0 Å². The summed E-state index contributed by atoms with van der Waals surface area (Å²) in [5, 5.41) is 0. The first-order chi connectivity index (χ1) is 6.88. The van der Waals surface area contributed by atoms with Crippen LogP contribution < -0.4 is 0 Å². The van der Waals surface area contributed by atoms with Gasteiger partial charge in [-0.05, 0) is 38.5 Å². The molecule has 0 nitrogen and oxygen atoms in total. The predicted octanol–water partition coefficient (Wildman–Crippen LogP) is 4.84. The number of alkyl halides is 1. The summed E-state index contributed by atoms with van der Waals surface area (Å²) in [5.74, 6) is 0.739. The van der Waals surface area contributed by atoms with Crippen LogP contribution >= 0.6 is 11.6 Å². The number of hydrogen-bond acceptors (Lipinski definition) is 0. The molecule has 0 bridgehead atoms.